The van der Waals surface area contributed by atoms with Gasteiger partial charge < -0.3 is 14.7 Å². The molecular formula is C74H82BN3S. The zero-order valence-corrected chi connectivity index (χ0v) is 51.3. The van der Waals surface area contributed by atoms with Crippen LogP contribution in [0.3, 0.4) is 0 Å². The number of nitrogens with zero attached hydrogens (tertiary/aromatic N) is 3. The molecule has 0 spiro atoms. The van der Waals surface area contributed by atoms with Gasteiger partial charge in [0.05, 0.1) is 11.4 Å². The van der Waals surface area contributed by atoms with Crippen molar-refractivity contribution < 1.29 is 0 Å². The van der Waals surface area contributed by atoms with Crippen LogP contribution in [-0.2, 0) is 32.5 Å². The SMILES string of the molecule is CC(C)(C)c1ccc(N(c2ccc(C(C)(C)C)cc2)c2ccc3c(c2)N(c2ccc(C(C)(C)C)cc2-c2ccccc2)c2cc(C(C)(C)C)cc4c2B3c2sc3ccc(C(C)(C)C)cc3c2N4c2ccc(C(C)(C)C)cc2)cc1. The number of hydrogen-bond acceptors (Lipinski definition) is 4. The van der Waals surface area contributed by atoms with Crippen LogP contribution < -0.4 is 30.4 Å². The summed E-state index contributed by atoms with van der Waals surface area (Å²) in [5.41, 5.74) is 23.4. The van der Waals surface area contributed by atoms with Crippen LogP contribution in [0.2, 0.25) is 0 Å². The van der Waals surface area contributed by atoms with Gasteiger partial charge in [-0.1, -0.05) is 210 Å². The molecule has 0 amide bonds. The van der Waals surface area contributed by atoms with Crippen LogP contribution in [0.5, 0.6) is 0 Å². The van der Waals surface area contributed by atoms with Crippen LogP contribution in [0.4, 0.5) is 51.2 Å². The van der Waals surface area contributed by atoms with Crippen LogP contribution in [-0.4, -0.2) is 6.71 Å². The fraction of sp³-hybridized carbons (Fsp3) is 0.324. The lowest BCUT2D eigenvalue weighted by molar-refractivity contribution is 0.590. The van der Waals surface area contributed by atoms with E-state index in [2.05, 4.69) is 309 Å². The molecule has 0 aliphatic carbocycles. The molecule has 0 radical (unpaired) electrons. The Morgan fingerprint density at radius 2 is 0.823 bits per heavy atom. The second kappa shape index (κ2) is 18.9. The lowest BCUT2D eigenvalue weighted by Crippen LogP contribution is -2.60. The predicted molar refractivity (Wildman–Crippen MR) is 348 cm³/mol. The lowest BCUT2D eigenvalue weighted by Gasteiger charge is -2.45. The topological polar surface area (TPSA) is 9.72 Å². The average Bonchev–Trinajstić information content (AvgIpc) is 2.62. The van der Waals surface area contributed by atoms with Crippen molar-refractivity contribution in [3.63, 3.8) is 0 Å². The predicted octanol–water partition coefficient (Wildman–Crippen LogP) is 19.9. The van der Waals surface area contributed by atoms with E-state index in [1.165, 1.54) is 98.7 Å². The number of fused-ring (bicyclic) bond motifs is 6. The van der Waals surface area contributed by atoms with E-state index in [-0.39, 0.29) is 39.2 Å². The van der Waals surface area contributed by atoms with Crippen molar-refractivity contribution in [1.82, 2.24) is 0 Å². The molecule has 0 N–H and O–H groups in total. The maximum Gasteiger partial charge on any atom is 0.264 e. The Hall–Kier alpha value is -6.82. The fourth-order valence-electron chi connectivity index (χ4n) is 11.9. The minimum atomic E-state index is -0.180. The van der Waals surface area contributed by atoms with Crippen molar-refractivity contribution in [2.45, 2.75) is 157 Å². The van der Waals surface area contributed by atoms with Gasteiger partial charge in [0.25, 0.3) is 6.71 Å². The van der Waals surface area contributed by atoms with E-state index in [4.69, 9.17) is 0 Å². The second-order valence-corrected chi connectivity index (χ2v) is 30.0. The Kier molecular flexibility index (Phi) is 13.0. The van der Waals surface area contributed by atoms with E-state index < -0.39 is 0 Å². The lowest BCUT2D eigenvalue weighted by atomic mass is 9.36. The first-order valence-electron chi connectivity index (χ1n) is 28.8. The molecular weight excluding hydrogens is 974 g/mol. The zero-order chi connectivity index (χ0) is 56.5. The van der Waals surface area contributed by atoms with Crippen molar-refractivity contribution in [2.75, 3.05) is 14.7 Å². The van der Waals surface area contributed by atoms with Crippen LogP contribution in [0.15, 0.2) is 170 Å². The summed E-state index contributed by atoms with van der Waals surface area (Å²) >= 11 is 1.98. The smallest absolute Gasteiger partial charge is 0.264 e. The Bertz CT molecular complexity index is 3710. The van der Waals surface area contributed by atoms with Crippen molar-refractivity contribution in [3.05, 3.63) is 203 Å². The Morgan fingerprint density at radius 3 is 1.34 bits per heavy atom. The number of rotatable bonds is 6. The van der Waals surface area contributed by atoms with Gasteiger partial charge in [-0.25, -0.2) is 0 Å². The first-order chi connectivity index (χ1) is 37.0. The van der Waals surface area contributed by atoms with Gasteiger partial charge in [0, 0.05) is 60.2 Å². The summed E-state index contributed by atoms with van der Waals surface area (Å²) in [6.45, 7) is 41.9. The molecule has 0 atom stereocenters. The van der Waals surface area contributed by atoms with Gasteiger partial charge in [0.1, 0.15) is 0 Å². The van der Waals surface area contributed by atoms with Crippen LogP contribution in [0.1, 0.15) is 158 Å². The summed E-state index contributed by atoms with van der Waals surface area (Å²) in [5, 5.41) is 1.31. The number of hydrogen-bond donors (Lipinski definition) is 0. The monoisotopic (exact) mass is 1060 g/mol. The summed E-state index contributed by atoms with van der Waals surface area (Å²) in [6.07, 6.45) is 0. The molecule has 3 heterocycles. The van der Waals surface area contributed by atoms with Gasteiger partial charge in [-0.3, -0.25) is 0 Å². The molecule has 11 rings (SSSR count). The van der Waals surface area contributed by atoms with Gasteiger partial charge in [0.2, 0.25) is 0 Å². The summed E-state index contributed by atoms with van der Waals surface area (Å²) in [7, 11) is 0. The van der Waals surface area contributed by atoms with Crippen molar-refractivity contribution >= 4 is 95.0 Å². The van der Waals surface area contributed by atoms with E-state index in [0.29, 0.717) is 0 Å². The molecule has 402 valence electrons. The van der Waals surface area contributed by atoms with Gasteiger partial charge in [0.15, 0.2) is 0 Å². The third-order valence-corrected chi connectivity index (χ3v) is 18.0. The fourth-order valence-corrected chi connectivity index (χ4v) is 13.2. The van der Waals surface area contributed by atoms with Gasteiger partial charge >= 0.3 is 0 Å². The second-order valence-electron chi connectivity index (χ2n) is 28.9. The molecule has 0 unspecified atom stereocenters. The average molecular weight is 1060 g/mol. The first-order valence-corrected chi connectivity index (χ1v) is 29.6. The van der Waals surface area contributed by atoms with Gasteiger partial charge in [-0.05, 0) is 167 Å². The number of benzene rings is 8. The minimum Gasteiger partial charge on any atom is -0.311 e. The molecule has 2 aliphatic heterocycles. The summed E-state index contributed by atoms with van der Waals surface area (Å²) in [5.74, 6) is 0. The summed E-state index contributed by atoms with van der Waals surface area (Å²) in [4.78, 5) is 7.80. The maximum atomic E-state index is 2.67. The molecule has 3 nitrogen and oxygen atoms in total. The van der Waals surface area contributed by atoms with E-state index >= 15 is 0 Å². The van der Waals surface area contributed by atoms with Crippen LogP contribution >= 0.6 is 11.3 Å². The summed E-state index contributed by atoms with van der Waals surface area (Å²) in [6, 6.07) is 66.3. The van der Waals surface area contributed by atoms with E-state index in [9.17, 15) is 0 Å². The molecule has 0 fully saturated rings. The molecule has 1 aromatic heterocycles. The highest BCUT2D eigenvalue weighted by Gasteiger charge is 2.47. The third kappa shape index (κ3) is 9.83. The minimum absolute atomic E-state index is 0.0160. The molecule has 0 saturated heterocycles. The number of thiophene rings is 1. The van der Waals surface area contributed by atoms with Crippen LogP contribution in [0, 0.1) is 0 Å². The molecule has 0 saturated carbocycles. The molecule has 9 aromatic rings. The van der Waals surface area contributed by atoms with Gasteiger partial charge in [-0.2, -0.15) is 0 Å². The number of anilines is 9. The quantitative estimate of drug-likeness (QED) is 0.154. The summed E-state index contributed by atoms with van der Waals surface area (Å²) < 4.78 is 2.69. The molecule has 0 bridgehead atoms. The van der Waals surface area contributed by atoms with E-state index in [1.807, 2.05) is 11.3 Å². The highest BCUT2D eigenvalue weighted by molar-refractivity contribution is 7.33. The molecule has 5 heteroatoms. The maximum absolute atomic E-state index is 2.67. The first kappa shape index (κ1) is 54.2. The molecule has 8 aromatic carbocycles. The van der Waals surface area contributed by atoms with Gasteiger partial charge in [-0.15, -0.1) is 11.3 Å². The molecule has 79 heavy (non-hydrogen) atoms. The van der Waals surface area contributed by atoms with Crippen molar-refractivity contribution in [3.8, 4) is 11.1 Å². The van der Waals surface area contributed by atoms with E-state index in [1.54, 1.807) is 0 Å². The van der Waals surface area contributed by atoms with Crippen molar-refractivity contribution in [2.24, 2.45) is 0 Å². The Balaban J connectivity index is 1.27. The Labute approximate surface area is 478 Å². The molecule has 2 aliphatic rings. The highest BCUT2D eigenvalue weighted by Crippen LogP contribution is 2.52. The highest BCUT2D eigenvalue weighted by atomic mass is 32.1. The zero-order valence-electron chi connectivity index (χ0n) is 50.5. The normalized spacial score (nSPS) is 13.9. The standard InChI is InChI=1S/C74H82BN3S/c1-69(2,3)48-24-32-54(33-25-48)76(55-34-26-49(27-35-55)70(4,5)6)57-38-39-60-62(46-57)78(61-40-30-51(72(10,11)12)42-58(61)47-22-20-19-21-23-47)64-45-53(74(16,17)18)44-63-66(64)75(60)68-67(59-43-52(73(13,14)15)31-41-65(59)79-68)77(63)56-36-28-50(29-37-56)71(7,8)9/h19-46H,1-18H3. The Morgan fingerprint density at radius 1 is 0.367 bits per heavy atom. The largest absolute Gasteiger partial charge is 0.311 e. The van der Waals surface area contributed by atoms with E-state index in [0.717, 1.165) is 22.7 Å². The van der Waals surface area contributed by atoms with Crippen molar-refractivity contribution in [1.29, 1.82) is 0 Å². The van der Waals surface area contributed by atoms with Crippen LogP contribution in [0.25, 0.3) is 21.2 Å². The third-order valence-electron chi connectivity index (χ3n) is 16.8.